The van der Waals surface area contributed by atoms with Gasteiger partial charge >= 0.3 is 0 Å². The van der Waals surface area contributed by atoms with Crippen LogP contribution in [0.3, 0.4) is 0 Å². The minimum atomic E-state index is 0. The maximum atomic E-state index is 3.51. The Bertz CT molecular complexity index is 427. The summed E-state index contributed by atoms with van der Waals surface area (Å²) in [6, 6.07) is 8.81. The van der Waals surface area contributed by atoms with Crippen LogP contribution in [0.25, 0.3) is 0 Å². The molecule has 6 heteroatoms. The van der Waals surface area contributed by atoms with Crippen molar-refractivity contribution in [3.63, 3.8) is 0 Å². The summed E-state index contributed by atoms with van der Waals surface area (Å²) in [4.78, 5) is 7.69. The highest BCUT2D eigenvalue weighted by molar-refractivity contribution is 9.10. The molecule has 0 saturated carbocycles. The lowest BCUT2D eigenvalue weighted by atomic mass is 10.1. The number of nitrogens with zero attached hydrogens (tertiary/aromatic N) is 4. The molecule has 0 aliphatic carbocycles. The van der Waals surface area contributed by atoms with Crippen LogP contribution in [0.2, 0.25) is 0 Å². The summed E-state index contributed by atoms with van der Waals surface area (Å²) in [6.45, 7) is 8.27. The van der Waals surface area contributed by atoms with Gasteiger partial charge in [-0.1, -0.05) is 28.1 Å². The summed E-state index contributed by atoms with van der Waals surface area (Å²) < 4.78 is 2.35. The van der Waals surface area contributed by atoms with Crippen LogP contribution in [0.15, 0.2) is 28.7 Å². The largest absolute Gasteiger partial charge is 1.00 e. The van der Waals surface area contributed by atoms with Crippen LogP contribution < -0.4 is 17.0 Å². The number of benzene rings is 1. The van der Waals surface area contributed by atoms with Crippen molar-refractivity contribution in [3.8, 4) is 0 Å². The predicted molar refractivity (Wildman–Crippen MR) is 72.8 cm³/mol. The van der Waals surface area contributed by atoms with E-state index in [1.54, 1.807) is 0 Å². The van der Waals surface area contributed by atoms with Crippen LogP contribution in [-0.4, -0.2) is 59.2 Å². The number of halogens is 2. The van der Waals surface area contributed by atoms with Gasteiger partial charge < -0.3 is 17.0 Å². The molecule has 4 aliphatic rings. The first-order valence-electron chi connectivity index (χ1n) is 6.47. The molecule has 1 aromatic rings. The molecule has 4 heterocycles. The Morgan fingerprint density at radius 1 is 0.895 bits per heavy atom. The van der Waals surface area contributed by atoms with E-state index in [2.05, 4.69) is 54.9 Å². The first kappa shape index (κ1) is 14.0. The van der Waals surface area contributed by atoms with Crippen molar-refractivity contribution in [2.24, 2.45) is 0 Å². The number of hydrogen-bond acceptors (Lipinski definition) is 3. The van der Waals surface area contributed by atoms with Crippen LogP contribution in [0, 0.1) is 0 Å². The van der Waals surface area contributed by atoms with Crippen LogP contribution in [0.5, 0.6) is 0 Å². The zero-order valence-electron chi connectivity index (χ0n) is 10.8. The Labute approximate surface area is 133 Å². The number of hydrogen-bond donors (Lipinski definition) is 0. The van der Waals surface area contributed by atoms with Crippen molar-refractivity contribution in [2.75, 3.05) is 40.0 Å². The van der Waals surface area contributed by atoms with Crippen LogP contribution >= 0.6 is 15.9 Å². The molecule has 4 nitrogen and oxygen atoms in total. The Hall–Kier alpha value is 0.0200. The van der Waals surface area contributed by atoms with E-state index >= 15 is 0 Å². The molecule has 4 fully saturated rings. The molecule has 0 N–H and O–H groups in total. The summed E-state index contributed by atoms with van der Waals surface area (Å²) in [5.41, 5.74) is 1.45. The monoisotopic (exact) mass is 388 g/mol. The van der Waals surface area contributed by atoms with E-state index in [4.69, 9.17) is 0 Å². The quantitative estimate of drug-likeness (QED) is 0.568. The molecular formula is C13H18Br2N4. The Kier molecular flexibility index (Phi) is 3.75. The van der Waals surface area contributed by atoms with E-state index in [9.17, 15) is 0 Å². The standard InChI is InChI=1S/C13H18BrN4.BrH/c14-13-3-1-12(2-4-13)5-18-9-15-6-16(10-18)8-17(7-15)11-18;/h1-4H,5-11H2;1H/q+1;/p-1. The van der Waals surface area contributed by atoms with Gasteiger partial charge in [0.1, 0.15) is 26.6 Å². The molecule has 4 aliphatic heterocycles. The summed E-state index contributed by atoms with van der Waals surface area (Å²) >= 11 is 3.51. The van der Waals surface area contributed by atoms with Crippen molar-refractivity contribution >= 4 is 15.9 Å². The van der Waals surface area contributed by atoms with Gasteiger partial charge in [-0.3, -0.25) is 4.48 Å². The van der Waals surface area contributed by atoms with Gasteiger partial charge in [-0.25, -0.2) is 14.7 Å². The fourth-order valence-electron chi connectivity index (χ4n) is 3.79. The van der Waals surface area contributed by atoms with Gasteiger partial charge in [-0.05, 0) is 12.1 Å². The van der Waals surface area contributed by atoms with Gasteiger partial charge in [0.15, 0.2) is 0 Å². The fourth-order valence-corrected chi connectivity index (χ4v) is 4.05. The molecular weight excluding hydrogens is 372 g/mol. The summed E-state index contributed by atoms with van der Waals surface area (Å²) in [6.07, 6.45) is 0. The lowest BCUT2D eigenvalue weighted by Crippen LogP contribution is -3.00. The van der Waals surface area contributed by atoms with Crippen molar-refractivity contribution in [2.45, 2.75) is 6.54 Å². The summed E-state index contributed by atoms with van der Waals surface area (Å²) in [5, 5.41) is 0. The Morgan fingerprint density at radius 3 is 1.84 bits per heavy atom. The second kappa shape index (κ2) is 5.09. The molecule has 0 aromatic heterocycles. The van der Waals surface area contributed by atoms with Crippen molar-refractivity contribution in [1.29, 1.82) is 0 Å². The highest BCUT2D eigenvalue weighted by atomic mass is 79.9. The fraction of sp³-hybridized carbons (Fsp3) is 0.538. The molecule has 0 spiro atoms. The summed E-state index contributed by atoms with van der Waals surface area (Å²) in [7, 11) is 0. The lowest BCUT2D eigenvalue weighted by Gasteiger charge is -2.60. The van der Waals surface area contributed by atoms with Crippen LogP contribution in [0.1, 0.15) is 5.56 Å². The second-order valence-corrected chi connectivity index (χ2v) is 6.90. The molecule has 19 heavy (non-hydrogen) atoms. The molecule has 4 bridgehead atoms. The highest BCUT2D eigenvalue weighted by Gasteiger charge is 2.48. The number of rotatable bonds is 2. The third-order valence-corrected chi connectivity index (χ3v) is 4.66. The molecule has 4 saturated heterocycles. The molecule has 1 aromatic carbocycles. The van der Waals surface area contributed by atoms with Gasteiger partial charge in [0.05, 0.1) is 20.0 Å². The molecule has 0 unspecified atom stereocenters. The maximum absolute atomic E-state index is 3.51. The average Bonchev–Trinajstić information content (AvgIpc) is 2.30. The minimum Gasteiger partial charge on any atom is -1.00 e. The van der Waals surface area contributed by atoms with E-state index in [1.807, 2.05) is 0 Å². The first-order valence-corrected chi connectivity index (χ1v) is 7.27. The van der Waals surface area contributed by atoms with Crippen molar-refractivity contribution in [1.82, 2.24) is 14.7 Å². The number of quaternary nitrogens is 1. The van der Waals surface area contributed by atoms with E-state index in [1.165, 1.54) is 34.5 Å². The first-order chi connectivity index (χ1) is 8.71. The van der Waals surface area contributed by atoms with E-state index in [0.29, 0.717) is 0 Å². The highest BCUT2D eigenvalue weighted by Crippen LogP contribution is 2.30. The van der Waals surface area contributed by atoms with E-state index in [0.717, 1.165) is 26.6 Å². The molecule has 104 valence electrons. The zero-order chi connectivity index (χ0) is 12.2. The van der Waals surface area contributed by atoms with Gasteiger partial charge in [0, 0.05) is 10.0 Å². The molecule has 0 amide bonds. The van der Waals surface area contributed by atoms with Gasteiger partial charge in [0.25, 0.3) is 0 Å². The average molecular weight is 390 g/mol. The van der Waals surface area contributed by atoms with Gasteiger partial charge in [0.2, 0.25) is 0 Å². The smallest absolute Gasteiger partial charge is 0.139 e. The Balaban J connectivity index is 0.00000110. The van der Waals surface area contributed by atoms with Crippen molar-refractivity contribution in [3.05, 3.63) is 34.3 Å². The molecule has 0 radical (unpaired) electrons. The van der Waals surface area contributed by atoms with E-state index < -0.39 is 0 Å². The Morgan fingerprint density at radius 2 is 1.37 bits per heavy atom. The molecule has 0 atom stereocenters. The van der Waals surface area contributed by atoms with Crippen molar-refractivity contribution < 1.29 is 21.5 Å². The third kappa shape index (κ3) is 2.62. The molecule has 5 rings (SSSR count). The van der Waals surface area contributed by atoms with Crippen LogP contribution in [0.4, 0.5) is 0 Å². The van der Waals surface area contributed by atoms with Crippen LogP contribution in [-0.2, 0) is 6.54 Å². The third-order valence-electron chi connectivity index (χ3n) is 4.13. The topological polar surface area (TPSA) is 9.72 Å². The predicted octanol–water partition coefficient (Wildman–Crippen LogP) is -1.54. The summed E-state index contributed by atoms with van der Waals surface area (Å²) in [5.74, 6) is 0. The minimum absolute atomic E-state index is 0. The SMILES string of the molecule is Brc1ccc(C[N+]23CN4CN(CN(C4)C2)C3)cc1.[Br-]. The van der Waals surface area contributed by atoms with Gasteiger partial charge in [-0.15, -0.1) is 0 Å². The second-order valence-electron chi connectivity index (χ2n) is 5.99. The van der Waals surface area contributed by atoms with Gasteiger partial charge in [-0.2, -0.15) is 0 Å². The normalized spacial score (nSPS) is 39.1. The maximum Gasteiger partial charge on any atom is 0.139 e. The zero-order valence-corrected chi connectivity index (χ0v) is 14.0. The lowest BCUT2D eigenvalue weighted by molar-refractivity contribution is -0.991. The van der Waals surface area contributed by atoms with E-state index in [-0.39, 0.29) is 17.0 Å².